The molecule has 2 aromatic heterocycles. The molecular formula is C18H21N3O2S2. The number of rotatable bonds is 3. The summed E-state index contributed by atoms with van der Waals surface area (Å²) in [5.74, 6) is 0.00575. The van der Waals surface area contributed by atoms with Crippen LogP contribution in [0, 0.1) is 0 Å². The summed E-state index contributed by atoms with van der Waals surface area (Å²) in [5, 5.41) is 8.27. The number of anilines is 1. The zero-order valence-corrected chi connectivity index (χ0v) is 15.8. The second-order valence-electron chi connectivity index (χ2n) is 6.88. The number of likely N-dealkylation sites (tertiary alicyclic amines) is 1. The smallest absolute Gasteiger partial charge is 0.246 e. The maximum absolute atomic E-state index is 12.6. The summed E-state index contributed by atoms with van der Waals surface area (Å²) >= 11 is 3.30. The Morgan fingerprint density at radius 3 is 2.68 bits per heavy atom. The molecule has 2 amide bonds. The Morgan fingerprint density at radius 1 is 1.20 bits per heavy atom. The second kappa shape index (κ2) is 6.55. The van der Waals surface area contributed by atoms with Gasteiger partial charge in [0.25, 0.3) is 0 Å². The lowest BCUT2D eigenvalue weighted by Crippen LogP contribution is -2.66. The van der Waals surface area contributed by atoms with Crippen LogP contribution in [0.4, 0.5) is 5.69 Å². The highest BCUT2D eigenvalue weighted by Crippen LogP contribution is 2.35. The van der Waals surface area contributed by atoms with Crippen molar-refractivity contribution in [3.63, 3.8) is 0 Å². The molecule has 4 heterocycles. The van der Waals surface area contributed by atoms with Crippen LogP contribution in [0.5, 0.6) is 0 Å². The van der Waals surface area contributed by atoms with Gasteiger partial charge in [-0.1, -0.05) is 0 Å². The quantitative estimate of drug-likeness (QED) is 0.828. The van der Waals surface area contributed by atoms with Crippen molar-refractivity contribution in [2.45, 2.75) is 25.4 Å². The van der Waals surface area contributed by atoms with Crippen LogP contribution in [0.2, 0.25) is 0 Å². The highest BCUT2D eigenvalue weighted by Gasteiger charge is 2.50. The van der Waals surface area contributed by atoms with Gasteiger partial charge in [0.15, 0.2) is 0 Å². The molecule has 1 atom stereocenters. The number of hydrogen-bond acceptors (Lipinski definition) is 5. The molecule has 2 aromatic rings. The lowest BCUT2D eigenvalue weighted by Gasteiger charge is -2.48. The number of thiophene rings is 2. The summed E-state index contributed by atoms with van der Waals surface area (Å²) in [5.41, 5.74) is 1.99. The first-order valence-corrected chi connectivity index (χ1v) is 10.3. The first-order chi connectivity index (χ1) is 12.1. The highest BCUT2D eigenvalue weighted by atomic mass is 32.1. The Bertz CT molecular complexity index is 759. The van der Waals surface area contributed by atoms with Gasteiger partial charge in [0.2, 0.25) is 11.8 Å². The van der Waals surface area contributed by atoms with Gasteiger partial charge < -0.3 is 9.80 Å². The number of piperazine rings is 1. The molecule has 2 aliphatic rings. The van der Waals surface area contributed by atoms with E-state index in [-0.39, 0.29) is 23.9 Å². The van der Waals surface area contributed by atoms with Gasteiger partial charge in [-0.3, -0.25) is 14.5 Å². The molecule has 0 N–H and O–H groups in total. The van der Waals surface area contributed by atoms with Gasteiger partial charge in [-0.2, -0.15) is 22.7 Å². The highest BCUT2D eigenvalue weighted by molar-refractivity contribution is 7.08. The van der Waals surface area contributed by atoms with E-state index in [1.54, 1.807) is 29.6 Å². The predicted molar refractivity (Wildman–Crippen MR) is 101 cm³/mol. The Morgan fingerprint density at radius 2 is 2.00 bits per heavy atom. The monoisotopic (exact) mass is 375 g/mol. The van der Waals surface area contributed by atoms with E-state index in [1.165, 1.54) is 5.56 Å². The van der Waals surface area contributed by atoms with Gasteiger partial charge in [-0.25, -0.2) is 0 Å². The van der Waals surface area contributed by atoms with Crippen molar-refractivity contribution in [2.24, 2.45) is 0 Å². The van der Waals surface area contributed by atoms with Crippen molar-refractivity contribution in [2.75, 3.05) is 31.1 Å². The van der Waals surface area contributed by atoms with E-state index in [1.807, 2.05) is 26.6 Å². The number of amides is 2. The molecule has 0 saturated carbocycles. The number of carbonyl (C=O) groups excluding carboxylic acids is 2. The van der Waals surface area contributed by atoms with Gasteiger partial charge in [-0.15, -0.1) is 0 Å². The van der Waals surface area contributed by atoms with E-state index < -0.39 is 0 Å². The largest absolute Gasteiger partial charge is 0.325 e. The molecule has 132 valence electrons. The fourth-order valence-corrected chi connectivity index (χ4v) is 5.31. The first kappa shape index (κ1) is 16.8. The molecule has 2 fully saturated rings. The van der Waals surface area contributed by atoms with Crippen molar-refractivity contribution in [3.05, 3.63) is 39.2 Å². The fraction of sp³-hybridized carbons (Fsp3) is 0.444. The summed E-state index contributed by atoms with van der Waals surface area (Å²) in [7, 11) is 0. The molecule has 0 aliphatic carbocycles. The topological polar surface area (TPSA) is 43.9 Å². The molecule has 4 rings (SSSR count). The van der Waals surface area contributed by atoms with Gasteiger partial charge >= 0.3 is 0 Å². The first-order valence-electron chi connectivity index (χ1n) is 8.42. The Labute approximate surface area is 155 Å². The third kappa shape index (κ3) is 3.12. The van der Waals surface area contributed by atoms with E-state index in [4.69, 9.17) is 0 Å². The van der Waals surface area contributed by atoms with Crippen LogP contribution in [0.3, 0.4) is 0 Å². The molecule has 7 heteroatoms. The van der Waals surface area contributed by atoms with Crippen LogP contribution in [0.25, 0.3) is 0 Å². The van der Waals surface area contributed by atoms with Crippen LogP contribution in [0.1, 0.15) is 18.9 Å². The van der Waals surface area contributed by atoms with Gasteiger partial charge in [0.05, 0.1) is 17.8 Å². The van der Waals surface area contributed by atoms with E-state index >= 15 is 0 Å². The lowest BCUT2D eigenvalue weighted by molar-refractivity contribution is -0.142. The molecule has 0 bridgehead atoms. The van der Waals surface area contributed by atoms with Crippen LogP contribution in [-0.2, 0) is 16.1 Å². The van der Waals surface area contributed by atoms with Crippen LogP contribution >= 0.6 is 22.7 Å². The Kier molecular flexibility index (Phi) is 4.39. The number of nitrogens with zero attached hydrogens (tertiary/aromatic N) is 3. The fourth-order valence-electron chi connectivity index (χ4n) is 4.01. The molecule has 0 aromatic carbocycles. The average Bonchev–Trinajstić information content (AvgIpc) is 3.33. The van der Waals surface area contributed by atoms with Gasteiger partial charge in [0.1, 0.15) is 6.54 Å². The van der Waals surface area contributed by atoms with E-state index in [0.717, 1.165) is 31.7 Å². The number of carbonyl (C=O) groups is 2. The Hall–Kier alpha value is -1.70. The predicted octanol–water partition coefficient (Wildman–Crippen LogP) is 2.65. The summed E-state index contributed by atoms with van der Waals surface area (Å²) in [6, 6.07) is 4.14. The van der Waals surface area contributed by atoms with Crippen molar-refractivity contribution in [3.8, 4) is 0 Å². The zero-order chi connectivity index (χ0) is 17.4. The van der Waals surface area contributed by atoms with Crippen molar-refractivity contribution >= 4 is 40.2 Å². The standard InChI is InChI=1S/C18H21N3O2S2/c1-14(22)21-9-17(23)20(16-3-7-25-11-16)13-18(21)4-5-19(12-18)8-15-2-6-24-10-15/h2-3,6-7,10-11H,4-5,8-9,12-13H2,1H3. The summed E-state index contributed by atoms with van der Waals surface area (Å²) < 4.78 is 0. The zero-order valence-electron chi connectivity index (χ0n) is 14.2. The average molecular weight is 376 g/mol. The molecule has 2 saturated heterocycles. The van der Waals surface area contributed by atoms with Crippen molar-refractivity contribution in [1.82, 2.24) is 9.80 Å². The van der Waals surface area contributed by atoms with Crippen LogP contribution in [-0.4, -0.2) is 53.3 Å². The van der Waals surface area contributed by atoms with Gasteiger partial charge in [-0.05, 0) is 40.3 Å². The van der Waals surface area contributed by atoms with Gasteiger partial charge in [0, 0.05) is 31.9 Å². The summed E-state index contributed by atoms with van der Waals surface area (Å²) in [4.78, 5) is 31.0. The van der Waals surface area contributed by atoms with Crippen LogP contribution < -0.4 is 4.90 Å². The second-order valence-corrected chi connectivity index (χ2v) is 8.44. The maximum atomic E-state index is 12.6. The molecular weight excluding hydrogens is 354 g/mol. The Balaban J connectivity index is 1.58. The van der Waals surface area contributed by atoms with Crippen molar-refractivity contribution < 1.29 is 9.59 Å². The molecule has 0 radical (unpaired) electrons. The summed E-state index contributed by atoms with van der Waals surface area (Å²) in [6.45, 7) is 5.02. The molecule has 1 unspecified atom stereocenters. The van der Waals surface area contributed by atoms with E-state index in [2.05, 4.69) is 21.7 Å². The van der Waals surface area contributed by atoms with E-state index in [9.17, 15) is 9.59 Å². The normalized spacial score (nSPS) is 24.4. The van der Waals surface area contributed by atoms with E-state index in [0.29, 0.717) is 6.54 Å². The van der Waals surface area contributed by atoms with Crippen molar-refractivity contribution in [1.29, 1.82) is 0 Å². The van der Waals surface area contributed by atoms with Crippen LogP contribution in [0.15, 0.2) is 33.7 Å². The third-order valence-electron chi connectivity index (χ3n) is 5.21. The summed E-state index contributed by atoms with van der Waals surface area (Å²) in [6.07, 6.45) is 0.907. The minimum Gasteiger partial charge on any atom is -0.325 e. The molecule has 1 spiro atoms. The maximum Gasteiger partial charge on any atom is 0.246 e. The number of hydrogen-bond donors (Lipinski definition) is 0. The minimum absolute atomic E-state index is 0.00398. The third-order valence-corrected chi connectivity index (χ3v) is 6.62. The molecule has 2 aliphatic heterocycles. The molecule has 25 heavy (non-hydrogen) atoms. The SMILES string of the molecule is CC(=O)N1CC(=O)N(c2ccsc2)CC12CCN(Cc1ccsc1)C2. The minimum atomic E-state index is -0.280. The lowest BCUT2D eigenvalue weighted by atomic mass is 9.92. The molecule has 5 nitrogen and oxygen atoms in total.